The first-order valence-electron chi connectivity index (χ1n) is 5.24. The van der Waals surface area contributed by atoms with Crippen molar-refractivity contribution in [1.29, 1.82) is 0 Å². The van der Waals surface area contributed by atoms with Gasteiger partial charge in [-0.3, -0.25) is 4.40 Å². The highest BCUT2D eigenvalue weighted by atomic mass is 35.5. The van der Waals surface area contributed by atoms with Gasteiger partial charge in [0, 0.05) is 19.0 Å². The van der Waals surface area contributed by atoms with E-state index < -0.39 is 0 Å². The normalized spacial score (nSPS) is 25.4. The van der Waals surface area contributed by atoms with Crippen molar-refractivity contribution < 1.29 is 4.74 Å². The summed E-state index contributed by atoms with van der Waals surface area (Å²) in [6.07, 6.45) is 4.51. The van der Waals surface area contributed by atoms with Crippen LogP contribution in [0.1, 0.15) is 25.3 Å². The molecule has 0 bridgehead atoms. The van der Waals surface area contributed by atoms with Crippen molar-refractivity contribution in [3.63, 3.8) is 0 Å². The Hall–Kier alpha value is -1.20. The van der Waals surface area contributed by atoms with Crippen LogP contribution in [0.5, 0.6) is 0 Å². The maximum Gasteiger partial charge on any atom is 0.198 e. The molecule has 6 heteroatoms. The second kappa shape index (κ2) is 3.68. The van der Waals surface area contributed by atoms with Gasteiger partial charge in [-0.25, -0.2) is 4.98 Å². The van der Waals surface area contributed by atoms with Crippen LogP contribution < -0.4 is 0 Å². The molecule has 3 heterocycles. The minimum Gasteiger partial charge on any atom is -0.370 e. The molecule has 16 heavy (non-hydrogen) atoms. The maximum absolute atomic E-state index is 5.94. The van der Waals surface area contributed by atoms with Crippen molar-refractivity contribution in [3.05, 3.63) is 23.4 Å². The highest BCUT2D eigenvalue weighted by Gasteiger charge is 2.30. The SMILES string of the molecule is CC1CCOC1c1nnc2c(Cl)nccn12. The predicted molar refractivity (Wildman–Crippen MR) is 58.3 cm³/mol. The number of ether oxygens (including phenoxy) is 1. The van der Waals surface area contributed by atoms with Crippen LogP contribution in [0.2, 0.25) is 5.15 Å². The monoisotopic (exact) mass is 238 g/mol. The molecule has 1 saturated heterocycles. The first kappa shape index (κ1) is 9.99. The summed E-state index contributed by atoms with van der Waals surface area (Å²) in [7, 11) is 0. The van der Waals surface area contributed by atoms with Gasteiger partial charge in [0.25, 0.3) is 0 Å². The molecule has 0 saturated carbocycles. The molecule has 84 valence electrons. The lowest BCUT2D eigenvalue weighted by atomic mass is 10.0. The Kier molecular flexibility index (Phi) is 2.29. The molecule has 0 radical (unpaired) electrons. The lowest BCUT2D eigenvalue weighted by molar-refractivity contribution is 0.0865. The van der Waals surface area contributed by atoms with Crippen molar-refractivity contribution in [2.75, 3.05) is 6.61 Å². The van der Waals surface area contributed by atoms with E-state index in [1.165, 1.54) is 0 Å². The van der Waals surface area contributed by atoms with Gasteiger partial charge in [0.1, 0.15) is 6.10 Å². The molecule has 2 atom stereocenters. The van der Waals surface area contributed by atoms with E-state index in [9.17, 15) is 0 Å². The number of aromatic nitrogens is 4. The van der Waals surface area contributed by atoms with E-state index in [0.717, 1.165) is 18.9 Å². The zero-order chi connectivity index (χ0) is 11.1. The van der Waals surface area contributed by atoms with Crippen LogP contribution >= 0.6 is 11.6 Å². The molecule has 2 aromatic heterocycles. The quantitative estimate of drug-likeness (QED) is 0.761. The smallest absolute Gasteiger partial charge is 0.198 e. The third-order valence-corrected chi connectivity index (χ3v) is 3.22. The zero-order valence-corrected chi connectivity index (χ0v) is 9.55. The van der Waals surface area contributed by atoms with Crippen LogP contribution in [0.15, 0.2) is 12.4 Å². The molecule has 1 fully saturated rings. The van der Waals surface area contributed by atoms with Gasteiger partial charge in [0.15, 0.2) is 16.6 Å². The molecule has 1 aliphatic heterocycles. The number of fused-ring (bicyclic) bond motifs is 1. The Balaban J connectivity index is 2.14. The summed E-state index contributed by atoms with van der Waals surface area (Å²) in [5, 5.41) is 8.56. The molecule has 2 aromatic rings. The lowest BCUT2D eigenvalue weighted by Gasteiger charge is -2.11. The standard InChI is InChI=1S/C10H11ClN4O/c1-6-2-5-16-7(6)9-13-14-10-8(11)12-3-4-15(9)10/h3-4,6-7H,2,5H2,1H3. The van der Waals surface area contributed by atoms with Crippen LogP contribution in [-0.4, -0.2) is 26.2 Å². The third kappa shape index (κ3) is 1.39. The van der Waals surface area contributed by atoms with E-state index in [-0.39, 0.29) is 6.10 Å². The van der Waals surface area contributed by atoms with E-state index in [1.807, 2.05) is 10.6 Å². The molecule has 0 aliphatic carbocycles. The fourth-order valence-corrected chi connectivity index (χ4v) is 2.22. The molecule has 0 N–H and O–H groups in total. The van der Waals surface area contributed by atoms with Crippen LogP contribution in [0.25, 0.3) is 5.65 Å². The van der Waals surface area contributed by atoms with Gasteiger partial charge < -0.3 is 4.74 Å². The van der Waals surface area contributed by atoms with Gasteiger partial charge in [-0.1, -0.05) is 18.5 Å². The minimum absolute atomic E-state index is 0.00784. The van der Waals surface area contributed by atoms with Crippen molar-refractivity contribution in [2.45, 2.75) is 19.4 Å². The number of rotatable bonds is 1. The average Bonchev–Trinajstić information content (AvgIpc) is 2.84. The molecule has 0 amide bonds. The van der Waals surface area contributed by atoms with E-state index in [1.54, 1.807) is 6.20 Å². The number of nitrogens with zero attached hydrogens (tertiary/aromatic N) is 4. The summed E-state index contributed by atoms with van der Waals surface area (Å²) in [4.78, 5) is 3.97. The van der Waals surface area contributed by atoms with Gasteiger partial charge in [0.2, 0.25) is 0 Å². The molecule has 2 unspecified atom stereocenters. The largest absolute Gasteiger partial charge is 0.370 e. The summed E-state index contributed by atoms with van der Waals surface area (Å²) >= 11 is 5.94. The first-order valence-corrected chi connectivity index (χ1v) is 5.62. The number of hydrogen-bond acceptors (Lipinski definition) is 4. The van der Waals surface area contributed by atoms with E-state index in [2.05, 4.69) is 22.1 Å². The predicted octanol–water partition coefficient (Wildman–Crippen LogP) is 1.88. The van der Waals surface area contributed by atoms with Crippen molar-refractivity contribution in [2.24, 2.45) is 5.92 Å². The van der Waals surface area contributed by atoms with Crippen LogP contribution in [0.3, 0.4) is 0 Å². The van der Waals surface area contributed by atoms with Gasteiger partial charge in [0.05, 0.1) is 0 Å². The van der Waals surface area contributed by atoms with Crippen LogP contribution in [-0.2, 0) is 4.74 Å². The minimum atomic E-state index is 0.00784. The summed E-state index contributed by atoms with van der Waals surface area (Å²) in [5.74, 6) is 1.27. The second-order valence-electron chi connectivity index (χ2n) is 4.03. The summed E-state index contributed by atoms with van der Waals surface area (Å²) in [6.45, 7) is 2.93. The molecular formula is C10H11ClN4O. The maximum atomic E-state index is 5.94. The Morgan fingerprint density at radius 2 is 2.38 bits per heavy atom. The molecule has 3 rings (SSSR count). The van der Waals surface area contributed by atoms with Crippen molar-refractivity contribution in [3.8, 4) is 0 Å². The highest BCUT2D eigenvalue weighted by Crippen LogP contribution is 2.33. The van der Waals surface area contributed by atoms with Crippen LogP contribution in [0, 0.1) is 5.92 Å². The first-order chi connectivity index (χ1) is 7.77. The van der Waals surface area contributed by atoms with Gasteiger partial charge in [-0.2, -0.15) is 0 Å². The Morgan fingerprint density at radius 3 is 3.12 bits per heavy atom. The van der Waals surface area contributed by atoms with E-state index in [4.69, 9.17) is 16.3 Å². The van der Waals surface area contributed by atoms with Gasteiger partial charge in [-0.05, 0) is 12.3 Å². The zero-order valence-electron chi connectivity index (χ0n) is 8.80. The Morgan fingerprint density at radius 1 is 1.50 bits per heavy atom. The summed E-state index contributed by atoms with van der Waals surface area (Å²) in [5.41, 5.74) is 0.585. The van der Waals surface area contributed by atoms with Crippen molar-refractivity contribution in [1.82, 2.24) is 19.6 Å². The topological polar surface area (TPSA) is 52.3 Å². The highest BCUT2D eigenvalue weighted by molar-refractivity contribution is 6.32. The molecule has 0 aromatic carbocycles. The molecule has 5 nitrogen and oxygen atoms in total. The lowest BCUT2D eigenvalue weighted by Crippen LogP contribution is -2.08. The van der Waals surface area contributed by atoms with E-state index in [0.29, 0.717) is 16.7 Å². The van der Waals surface area contributed by atoms with Gasteiger partial charge >= 0.3 is 0 Å². The Bertz CT molecular complexity index is 527. The second-order valence-corrected chi connectivity index (χ2v) is 4.39. The summed E-state index contributed by atoms with van der Waals surface area (Å²) in [6, 6.07) is 0. The van der Waals surface area contributed by atoms with Crippen molar-refractivity contribution >= 4 is 17.2 Å². The Labute approximate surface area is 97.4 Å². The number of hydrogen-bond donors (Lipinski definition) is 0. The molecule has 0 spiro atoms. The fourth-order valence-electron chi connectivity index (χ4n) is 2.03. The fraction of sp³-hybridized carbons (Fsp3) is 0.500. The summed E-state index contributed by atoms with van der Waals surface area (Å²) < 4.78 is 7.52. The molecule has 1 aliphatic rings. The molecular weight excluding hydrogens is 228 g/mol. The third-order valence-electron chi connectivity index (χ3n) is 2.95. The van der Waals surface area contributed by atoms with E-state index >= 15 is 0 Å². The van der Waals surface area contributed by atoms with Gasteiger partial charge in [-0.15, -0.1) is 10.2 Å². The average molecular weight is 239 g/mol. The van der Waals surface area contributed by atoms with Crippen LogP contribution in [0.4, 0.5) is 0 Å². The number of halogens is 1.